The number of hydrogen-bond donors (Lipinski definition) is 2. The Bertz CT molecular complexity index is 997. The predicted molar refractivity (Wildman–Crippen MR) is 99.3 cm³/mol. The Morgan fingerprint density at radius 2 is 1.93 bits per heavy atom. The second-order valence-electron chi connectivity index (χ2n) is 5.50. The molecule has 2 rings (SSSR count). The summed E-state index contributed by atoms with van der Waals surface area (Å²) in [5.74, 6) is 0.173. The molecular formula is C18H19N3O5S. The molecular weight excluding hydrogens is 370 g/mol. The van der Waals surface area contributed by atoms with Crippen LogP contribution in [0, 0.1) is 18.3 Å². The van der Waals surface area contributed by atoms with Crippen LogP contribution in [0.25, 0.3) is 0 Å². The molecule has 0 aliphatic carbocycles. The van der Waals surface area contributed by atoms with E-state index < -0.39 is 15.9 Å². The lowest BCUT2D eigenvalue weighted by molar-refractivity contribution is -0.118. The highest BCUT2D eigenvalue weighted by Crippen LogP contribution is 2.28. The first-order valence-corrected chi connectivity index (χ1v) is 9.34. The fourth-order valence-electron chi connectivity index (χ4n) is 2.27. The minimum absolute atomic E-state index is 0.0810. The van der Waals surface area contributed by atoms with Crippen LogP contribution in [0.5, 0.6) is 11.5 Å². The minimum atomic E-state index is -3.63. The van der Waals surface area contributed by atoms with Crippen molar-refractivity contribution in [2.24, 2.45) is 0 Å². The van der Waals surface area contributed by atoms with E-state index in [-0.39, 0.29) is 11.5 Å². The van der Waals surface area contributed by atoms with Gasteiger partial charge < -0.3 is 14.8 Å². The SMILES string of the molecule is CNS(=O)(=O)c1cc(NC(=O)COc2ccc(C#N)cc2OC)ccc1C. The average Bonchev–Trinajstić information content (AvgIpc) is 2.67. The van der Waals surface area contributed by atoms with Crippen molar-refractivity contribution in [3.05, 3.63) is 47.5 Å². The number of benzene rings is 2. The van der Waals surface area contributed by atoms with Crippen LogP contribution < -0.4 is 19.5 Å². The number of ether oxygens (including phenoxy) is 2. The molecule has 0 saturated heterocycles. The number of nitriles is 1. The molecule has 27 heavy (non-hydrogen) atoms. The molecule has 0 unspecified atom stereocenters. The fraction of sp³-hybridized carbons (Fsp3) is 0.222. The van der Waals surface area contributed by atoms with Crippen molar-refractivity contribution < 1.29 is 22.7 Å². The van der Waals surface area contributed by atoms with Crippen LogP contribution in [0.1, 0.15) is 11.1 Å². The molecule has 8 nitrogen and oxygen atoms in total. The second-order valence-corrected chi connectivity index (χ2v) is 7.36. The normalized spacial score (nSPS) is 10.7. The third-order valence-corrected chi connectivity index (χ3v) is 5.24. The van der Waals surface area contributed by atoms with Crippen molar-refractivity contribution in [3.8, 4) is 17.6 Å². The average molecular weight is 389 g/mol. The summed E-state index contributed by atoms with van der Waals surface area (Å²) in [7, 11) is -0.885. The number of rotatable bonds is 7. The molecule has 2 aromatic carbocycles. The first kappa shape index (κ1) is 20.2. The number of anilines is 1. The van der Waals surface area contributed by atoms with Gasteiger partial charge in [0, 0.05) is 11.8 Å². The molecule has 0 spiro atoms. The molecule has 2 aromatic rings. The van der Waals surface area contributed by atoms with Gasteiger partial charge in [-0.1, -0.05) is 6.07 Å². The molecule has 0 aromatic heterocycles. The van der Waals surface area contributed by atoms with E-state index in [0.717, 1.165) is 0 Å². The number of sulfonamides is 1. The zero-order valence-electron chi connectivity index (χ0n) is 15.1. The van der Waals surface area contributed by atoms with E-state index >= 15 is 0 Å². The maximum atomic E-state index is 12.1. The quantitative estimate of drug-likeness (QED) is 0.746. The molecule has 0 saturated carbocycles. The van der Waals surface area contributed by atoms with Gasteiger partial charge in [-0.3, -0.25) is 4.79 Å². The summed E-state index contributed by atoms with van der Waals surface area (Å²) >= 11 is 0. The van der Waals surface area contributed by atoms with Gasteiger partial charge in [0.2, 0.25) is 10.0 Å². The number of amides is 1. The Morgan fingerprint density at radius 3 is 2.56 bits per heavy atom. The van der Waals surface area contributed by atoms with Crippen molar-refractivity contribution in [1.82, 2.24) is 4.72 Å². The van der Waals surface area contributed by atoms with E-state index in [1.54, 1.807) is 25.1 Å². The maximum Gasteiger partial charge on any atom is 0.262 e. The largest absolute Gasteiger partial charge is 0.493 e. The van der Waals surface area contributed by atoms with Crippen molar-refractivity contribution >= 4 is 21.6 Å². The Labute approximate surface area is 157 Å². The Balaban J connectivity index is 2.09. The van der Waals surface area contributed by atoms with Gasteiger partial charge in [0.15, 0.2) is 18.1 Å². The van der Waals surface area contributed by atoms with Gasteiger partial charge in [0.1, 0.15) is 0 Å². The number of aryl methyl sites for hydroxylation is 1. The number of carbonyl (C=O) groups is 1. The highest BCUT2D eigenvalue weighted by molar-refractivity contribution is 7.89. The van der Waals surface area contributed by atoms with Gasteiger partial charge in [-0.05, 0) is 43.8 Å². The number of nitrogens with zero attached hydrogens (tertiary/aromatic N) is 1. The van der Waals surface area contributed by atoms with Crippen molar-refractivity contribution in [2.75, 3.05) is 26.1 Å². The van der Waals surface area contributed by atoms with Crippen LogP contribution in [0.2, 0.25) is 0 Å². The lowest BCUT2D eigenvalue weighted by Crippen LogP contribution is -2.22. The zero-order valence-corrected chi connectivity index (χ0v) is 15.9. The monoisotopic (exact) mass is 389 g/mol. The molecule has 2 N–H and O–H groups in total. The highest BCUT2D eigenvalue weighted by atomic mass is 32.2. The lowest BCUT2D eigenvalue weighted by Gasteiger charge is -2.12. The van der Waals surface area contributed by atoms with Crippen LogP contribution in [0.15, 0.2) is 41.3 Å². The van der Waals surface area contributed by atoms with Crippen LogP contribution in [0.3, 0.4) is 0 Å². The van der Waals surface area contributed by atoms with E-state index in [9.17, 15) is 13.2 Å². The summed E-state index contributed by atoms with van der Waals surface area (Å²) in [5.41, 5.74) is 1.29. The molecule has 0 radical (unpaired) electrons. The Morgan fingerprint density at radius 1 is 1.19 bits per heavy atom. The molecule has 0 fully saturated rings. The number of hydrogen-bond acceptors (Lipinski definition) is 6. The molecule has 0 aliphatic rings. The van der Waals surface area contributed by atoms with Crippen molar-refractivity contribution in [1.29, 1.82) is 5.26 Å². The van der Waals surface area contributed by atoms with Gasteiger partial charge >= 0.3 is 0 Å². The first-order chi connectivity index (χ1) is 12.8. The van der Waals surface area contributed by atoms with Crippen molar-refractivity contribution in [3.63, 3.8) is 0 Å². The summed E-state index contributed by atoms with van der Waals surface area (Å²) in [6, 6.07) is 11.1. The van der Waals surface area contributed by atoms with Crippen LogP contribution in [0.4, 0.5) is 5.69 Å². The molecule has 1 amide bonds. The number of nitrogens with one attached hydrogen (secondary N) is 2. The smallest absolute Gasteiger partial charge is 0.262 e. The van der Waals surface area contributed by atoms with E-state index in [1.807, 2.05) is 6.07 Å². The zero-order chi connectivity index (χ0) is 20.0. The van der Waals surface area contributed by atoms with Gasteiger partial charge in [-0.15, -0.1) is 0 Å². The van der Waals surface area contributed by atoms with Gasteiger partial charge in [0.05, 0.1) is 23.6 Å². The fourth-order valence-corrected chi connectivity index (χ4v) is 3.27. The highest BCUT2D eigenvalue weighted by Gasteiger charge is 2.16. The Hall–Kier alpha value is -3.09. The summed E-state index contributed by atoms with van der Waals surface area (Å²) < 4.78 is 36.8. The third kappa shape index (κ3) is 4.97. The molecule has 0 bridgehead atoms. The maximum absolute atomic E-state index is 12.1. The lowest BCUT2D eigenvalue weighted by atomic mass is 10.2. The first-order valence-electron chi connectivity index (χ1n) is 7.85. The van der Waals surface area contributed by atoms with Crippen LogP contribution >= 0.6 is 0 Å². The summed E-state index contributed by atoms with van der Waals surface area (Å²) in [5, 5.41) is 11.5. The van der Waals surface area contributed by atoms with E-state index in [2.05, 4.69) is 10.0 Å². The van der Waals surface area contributed by atoms with Gasteiger partial charge in [-0.2, -0.15) is 5.26 Å². The summed E-state index contributed by atoms with van der Waals surface area (Å²) in [6.07, 6.45) is 0. The summed E-state index contributed by atoms with van der Waals surface area (Å²) in [4.78, 5) is 12.2. The van der Waals surface area contributed by atoms with Gasteiger partial charge in [0.25, 0.3) is 5.91 Å². The van der Waals surface area contributed by atoms with E-state index in [1.165, 1.54) is 32.4 Å². The topological polar surface area (TPSA) is 118 Å². The molecule has 142 valence electrons. The van der Waals surface area contributed by atoms with Crippen LogP contribution in [-0.4, -0.2) is 35.1 Å². The molecule has 0 heterocycles. The predicted octanol–water partition coefficient (Wildman–Crippen LogP) is 1.80. The number of carbonyl (C=O) groups excluding carboxylic acids is 1. The molecule has 0 aliphatic heterocycles. The van der Waals surface area contributed by atoms with E-state index in [4.69, 9.17) is 14.7 Å². The Kier molecular flexibility index (Phi) is 6.39. The second kappa shape index (κ2) is 8.53. The van der Waals surface area contributed by atoms with E-state index in [0.29, 0.717) is 28.3 Å². The standard InChI is InChI=1S/C18H19N3O5S/c1-12-4-6-14(9-17(12)27(23,24)20-2)21-18(22)11-26-15-7-5-13(10-19)8-16(15)25-3/h4-9,20H,11H2,1-3H3,(H,21,22). The molecule has 9 heteroatoms. The van der Waals surface area contributed by atoms with Crippen molar-refractivity contribution in [2.45, 2.75) is 11.8 Å². The number of methoxy groups -OCH3 is 1. The summed E-state index contributed by atoms with van der Waals surface area (Å²) in [6.45, 7) is 1.35. The van der Waals surface area contributed by atoms with Crippen LogP contribution in [-0.2, 0) is 14.8 Å². The third-order valence-electron chi connectivity index (χ3n) is 3.68. The molecule has 0 atom stereocenters. The van der Waals surface area contributed by atoms with Gasteiger partial charge in [-0.25, -0.2) is 13.1 Å². The minimum Gasteiger partial charge on any atom is -0.493 e.